The van der Waals surface area contributed by atoms with Crippen LogP contribution in [0.25, 0.3) is 0 Å². The SMILES string of the molecule is CCOC(=O)N1C2COCC1CC(N1C[C@@H]3[C@H](C1)[C@H]3C(=O)N(CC)CC)C2. The Balaban J connectivity index is 1.34. The van der Waals surface area contributed by atoms with Gasteiger partial charge in [-0.05, 0) is 45.4 Å². The van der Waals surface area contributed by atoms with Crippen molar-refractivity contribution in [2.24, 2.45) is 17.8 Å². The van der Waals surface area contributed by atoms with Gasteiger partial charge in [0.05, 0.1) is 31.9 Å². The molecule has 4 fully saturated rings. The summed E-state index contributed by atoms with van der Waals surface area (Å²) in [5.74, 6) is 1.69. The molecular formula is C20H33N3O4. The Labute approximate surface area is 161 Å². The first-order chi connectivity index (χ1) is 13.1. The number of morpholine rings is 1. The molecule has 7 heteroatoms. The summed E-state index contributed by atoms with van der Waals surface area (Å²) in [5, 5.41) is 0. The first-order valence-corrected chi connectivity index (χ1v) is 10.6. The summed E-state index contributed by atoms with van der Waals surface area (Å²) in [6.45, 7) is 11.3. The monoisotopic (exact) mass is 379 g/mol. The second-order valence-electron chi connectivity index (χ2n) is 8.39. The highest BCUT2D eigenvalue weighted by Crippen LogP contribution is 2.53. The average molecular weight is 380 g/mol. The summed E-state index contributed by atoms with van der Waals surface area (Å²) in [5.41, 5.74) is 0. The topological polar surface area (TPSA) is 62.3 Å². The van der Waals surface area contributed by atoms with Gasteiger partial charge in [0.1, 0.15) is 0 Å². The van der Waals surface area contributed by atoms with Crippen molar-refractivity contribution in [2.75, 3.05) is 46.0 Å². The molecule has 3 aliphatic heterocycles. The predicted molar refractivity (Wildman–Crippen MR) is 100 cm³/mol. The zero-order valence-corrected chi connectivity index (χ0v) is 16.8. The van der Waals surface area contributed by atoms with E-state index in [-0.39, 0.29) is 24.1 Å². The first-order valence-electron chi connectivity index (χ1n) is 10.6. The Hall–Kier alpha value is -1.34. The van der Waals surface area contributed by atoms with Crippen LogP contribution in [0, 0.1) is 17.8 Å². The summed E-state index contributed by atoms with van der Waals surface area (Å²) in [6, 6.07) is 0.727. The Kier molecular flexibility index (Phi) is 5.34. The second kappa shape index (κ2) is 7.59. The van der Waals surface area contributed by atoms with E-state index < -0.39 is 0 Å². The average Bonchev–Trinajstić information content (AvgIpc) is 3.15. The molecule has 27 heavy (non-hydrogen) atoms. The number of nitrogens with zero attached hydrogens (tertiary/aromatic N) is 3. The van der Waals surface area contributed by atoms with Crippen LogP contribution in [0.15, 0.2) is 0 Å². The quantitative estimate of drug-likeness (QED) is 0.723. The van der Waals surface area contributed by atoms with Crippen molar-refractivity contribution >= 4 is 12.0 Å². The van der Waals surface area contributed by atoms with Gasteiger partial charge < -0.3 is 14.4 Å². The fraction of sp³-hybridized carbons (Fsp3) is 0.900. The van der Waals surface area contributed by atoms with E-state index >= 15 is 0 Å². The number of hydrogen-bond donors (Lipinski definition) is 0. The zero-order valence-electron chi connectivity index (χ0n) is 16.8. The Morgan fingerprint density at radius 3 is 2.11 bits per heavy atom. The van der Waals surface area contributed by atoms with Crippen molar-refractivity contribution in [3.63, 3.8) is 0 Å². The van der Waals surface area contributed by atoms with Gasteiger partial charge >= 0.3 is 6.09 Å². The van der Waals surface area contributed by atoms with Crippen LogP contribution >= 0.6 is 0 Å². The van der Waals surface area contributed by atoms with Gasteiger partial charge in [-0.1, -0.05) is 0 Å². The summed E-state index contributed by atoms with van der Waals surface area (Å²) in [4.78, 5) is 31.4. The molecule has 2 bridgehead atoms. The fourth-order valence-electron chi connectivity index (χ4n) is 5.65. The number of likely N-dealkylation sites (tertiary alicyclic amines) is 1. The van der Waals surface area contributed by atoms with Crippen LogP contribution in [-0.2, 0) is 14.3 Å². The lowest BCUT2D eigenvalue weighted by Gasteiger charge is -2.49. The number of fused-ring (bicyclic) bond motifs is 3. The van der Waals surface area contributed by atoms with Crippen LogP contribution in [0.4, 0.5) is 4.79 Å². The summed E-state index contributed by atoms with van der Waals surface area (Å²) >= 11 is 0. The van der Waals surface area contributed by atoms with E-state index in [0.717, 1.165) is 39.0 Å². The van der Waals surface area contributed by atoms with Gasteiger partial charge in [0.15, 0.2) is 0 Å². The molecule has 0 radical (unpaired) electrons. The van der Waals surface area contributed by atoms with E-state index in [9.17, 15) is 9.59 Å². The molecule has 3 heterocycles. The number of ether oxygens (including phenoxy) is 2. The number of hydrogen-bond acceptors (Lipinski definition) is 5. The highest BCUT2D eigenvalue weighted by atomic mass is 16.6. The number of amides is 2. The van der Waals surface area contributed by atoms with E-state index in [1.54, 1.807) is 0 Å². The lowest BCUT2D eigenvalue weighted by atomic mass is 9.89. The Morgan fingerprint density at radius 1 is 1.00 bits per heavy atom. The maximum absolute atomic E-state index is 12.6. The molecule has 2 amide bonds. The van der Waals surface area contributed by atoms with Gasteiger partial charge in [-0.15, -0.1) is 0 Å². The van der Waals surface area contributed by atoms with Crippen LogP contribution in [0.2, 0.25) is 0 Å². The Bertz CT molecular complexity index is 556. The summed E-state index contributed by atoms with van der Waals surface area (Å²) in [7, 11) is 0. The molecule has 0 aromatic rings. The molecule has 152 valence electrons. The normalized spacial score (nSPS) is 37.7. The van der Waals surface area contributed by atoms with Gasteiger partial charge in [0.25, 0.3) is 0 Å². The predicted octanol–water partition coefficient (Wildman–Crippen LogP) is 1.42. The molecule has 1 aliphatic carbocycles. The molecule has 4 rings (SSSR count). The highest BCUT2D eigenvalue weighted by molar-refractivity contribution is 5.82. The van der Waals surface area contributed by atoms with Crippen LogP contribution in [0.3, 0.4) is 0 Å². The van der Waals surface area contributed by atoms with Gasteiger partial charge in [0.2, 0.25) is 5.91 Å². The molecule has 4 aliphatic rings. The first kappa shape index (κ1) is 19.0. The zero-order chi connectivity index (χ0) is 19.1. The number of piperidine rings is 2. The molecule has 0 N–H and O–H groups in total. The van der Waals surface area contributed by atoms with Crippen LogP contribution in [-0.4, -0.2) is 90.8 Å². The third-order valence-corrected chi connectivity index (χ3v) is 7.07. The van der Waals surface area contributed by atoms with Gasteiger partial charge in [-0.25, -0.2) is 4.79 Å². The molecular weight excluding hydrogens is 346 g/mol. The number of carbonyl (C=O) groups excluding carboxylic acids is 2. The molecule has 3 saturated heterocycles. The minimum atomic E-state index is -0.191. The Morgan fingerprint density at radius 2 is 1.59 bits per heavy atom. The van der Waals surface area contributed by atoms with E-state index in [1.807, 2.05) is 16.7 Å². The minimum absolute atomic E-state index is 0.117. The third-order valence-electron chi connectivity index (χ3n) is 7.07. The smallest absolute Gasteiger partial charge is 0.410 e. The highest BCUT2D eigenvalue weighted by Gasteiger charge is 2.61. The van der Waals surface area contributed by atoms with E-state index in [1.165, 1.54) is 0 Å². The van der Waals surface area contributed by atoms with Crippen LogP contribution in [0.5, 0.6) is 0 Å². The van der Waals surface area contributed by atoms with Crippen molar-refractivity contribution in [3.8, 4) is 0 Å². The largest absolute Gasteiger partial charge is 0.450 e. The van der Waals surface area contributed by atoms with Crippen molar-refractivity contribution in [3.05, 3.63) is 0 Å². The maximum atomic E-state index is 12.6. The molecule has 0 spiro atoms. The van der Waals surface area contributed by atoms with E-state index in [2.05, 4.69) is 18.7 Å². The molecule has 5 atom stereocenters. The summed E-state index contributed by atoms with van der Waals surface area (Å²) in [6.07, 6.45) is 1.70. The lowest BCUT2D eigenvalue weighted by Crippen LogP contribution is -2.62. The van der Waals surface area contributed by atoms with Crippen LogP contribution in [0.1, 0.15) is 33.6 Å². The van der Waals surface area contributed by atoms with Crippen molar-refractivity contribution < 1.29 is 19.1 Å². The van der Waals surface area contributed by atoms with E-state index in [0.29, 0.717) is 43.6 Å². The molecule has 7 nitrogen and oxygen atoms in total. The van der Waals surface area contributed by atoms with Gasteiger partial charge in [-0.3, -0.25) is 14.6 Å². The molecule has 2 unspecified atom stereocenters. The third kappa shape index (κ3) is 3.33. The fourth-order valence-corrected chi connectivity index (χ4v) is 5.65. The molecule has 0 aromatic carbocycles. The van der Waals surface area contributed by atoms with Gasteiger partial charge in [-0.2, -0.15) is 0 Å². The second-order valence-corrected chi connectivity index (χ2v) is 8.39. The van der Waals surface area contributed by atoms with Crippen LogP contribution < -0.4 is 0 Å². The lowest BCUT2D eigenvalue weighted by molar-refractivity contribution is -0.133. The standard InChI is InChI=1S/C20H33N3O4/c1-4-21(5-2)19(24)18-16-9-22(10-17(16)18)13-7-14-11-26-12-15(8-13)23(14)20(25)27-6-3/h13-18H,4-12H2,1-3H3/t13?,14?,15?,16-,17+,18+. The van der Waals surface area contributed by atoms with E-state index in [4.69, 9.17) is 9.47 Å². The number of carbonyl (C=O) groups is 2. The maximum Gasteiger partial charge on any atom is 0.410 e. The van der Waals surface area contributed by atoms with Gasteiger partial charge in [0, 0.05) is 38.1 Å². The number of rotatable bonds is 5. The molecule has 0 aromatic heterocycles. The molecule has 1 saturated carbocycles. The van der Waals surface area contributed by atoms with Crippen molar-refractivity contribution in [1.29, 1.82) is 0 Å². The summed E-state index contributed by atoms with van der Waals surface area (Å²) < 4.78 is 11.0. The van der Waals surface area contributed by atoms with Crippen molar-refractivity contribution in [1.82, 2.24) is 14.7 Å². The van der Waals surface area contributed by atoms with Crippen molar-refractivity contribution in [2.45, 2.75) is 51.7 Å². The minimum Gasteiger partial charge on any atom is -0.450 e.